The molecule has 1 unspecified atom stereocenters. The first-order chi connectivity index (χ1) is 12.8. The highest BCUT2D eigenvalue weighted by Gasteiger charge is 2.24. The predicted octanol–water partition coefficient (Wildman–Crippen LogP) is 3.13. The van der Waals surface area contributed by atoms with E-state index in [0.29, 0.717) is 12.1 Å². The molecule has 27 heavy (non-hydrogen) atoms. The third-order valence-electron chi connectivity index (χ3n) is 4.55. The fourth-order valence-electron chi connectivity index (χ4n) is 2.89. The Labute approximate surface area is 161 Å². The summed E-state index contributed by atoms with van der Waals surface area (Å²) in [5.74, 6) is 0.552. The minimum Gasteiger partial charge on any atom is -0.335 e. The average molecular weight is 390 g/mol. The highest BCUT2D eigenvalue weighted by molar-refractivity contribution is 7.91. The van der Waals surface area contributed by atoms with E-state index in [0.717, 1.165) is 11.5 Å². The Kier molecular flexibility index (Phi) is 6.96. The van der Waals surface area contributed by atoms with Gasteiger partial charge in [0.2, 0.25) is 0 Å². The first kappa shape index (κ1) is 20.9. The van der Waals surface area contributed by atoms with Crippen LogP contribution in [-0.2, 0) is 9.84 Å². The van der Waals surface area contributed by atoms with E-state index in [-0.39, 0.29) is 23.5 Å². The van der Waals surface area contributed by atoms with Crippen molar-refractivity contribution in [1.29, 1.82) is 0 Å². The van der Waals surface area contributed by atoms with Crippen molar-refractivity contribution < 1.29 is 13.2 Å². The standard InChI is InChI=1S/C20H27N3O3S/c1-5-23(16(3)15-27(25,26)6-2)20(24)17-12-13-19(21-14-17)22(4)18-10-8-7-9-11-18/h7-14,16H,5-6,15H2,1-4H3. The van der Waals surface area contributed by atoms with Crippen LogP contribution < -0.4 is 4.90 Å². The van der Waals surface area contributed by atoms with Gasteiger partial charge in [-0.25, -0.2) is 13.4 Å². The van der Waals surface area contributed by atoms with Crippen molar-refractivity contribution in [2.24, 2.45) is 0 Å². The molecule has 0 bridgehead atoms. The third-order valence-corrected chi connectivity index (χ3v) is 6.42. The number of carbonyl (C=O) groups excluding carboxylic acids is 1. The van der Waals surface area contributed by atoms with Crippen LogP contribution in [0.3, 0.4) is 0 Å². The van der Waals surface area contributed by atoms with Gasteiger partial charge in [-0.1, -0.05) is 25.1 Å². The summed E-state index contributed by atoms with van der Waals surface area (Å²) >= 11 is 0. The SMILES string of the molecule is CCN(C(=O)c1ccc(N(C)c2ccccc2)nc1)C(C)CS(=O)(=O)CC. The van der Waals surface area contributed by atoms with E-state index in [1.54, 1.807) is 37.1 Å². The maximum Gasteiger partial charge on any atom is 0.255 e. The Morgan fingerprint density at radius 3 is 2.30 bits per heavy atom. The molecule has 2 aromatic rings. The van der Waals surface area contributed by atoms with Gasteiger partial charge in [-0.15, -0.1) is 0 Å². The number of carbonyl (C=O) groups is 1. The minimum absolute atomic E-state index is 0.0364. The van der Waals surface area contributed by atoms with E-state index in [9.17, 15) is 13.2 Å². The van der Waals surface area contributed by atoms with Gasteiger partial charge in [-0.3, -0.25) is 4.79 Å². The molecule has 146 valence electrons. The van der Waals surface area contributed by atoms with Crippen molar-refractivity contribution in [3.05, 3.63) is 54.2 Å². The molecule has 2 rings (SSSR count). The maximum absolute atomic E-state index is 12.8. The Morgan fingerprint density at radius 2 is 1.78 bits per heavy atom. The zero-order chi connectivity index (χ0) is 20.0. The Hall–Kier alpha value is -2.41. The molecule has 0 fully saturated rings. The number of benzene rings is 1. The Morgan fingerprint density at radius 1 is 1.11 bits per heavy atom. The van der Waals surface area contributed by atoms with Crippen LogP contribution >= 0.6 is 0 Å². The number of para-hydroxylation sites is 1. The maximum atomic E-state index is 12.8. The number of nitrogens with zero attached hydrogens (tertiary/aromatic N) is 3. The van der Waals surface area contributed by atoms with Gasteiger partial charge in [-0.05, 0) is 38.1 Å². The van der Waals surface area contributed by atoms with Crippen LogP contribution in [0.25, 0.3) is 0 Å². The lowest BCUT2D eigenvalue weighted by molar-refractivity contribution is 0.0718. The fraction of sp³-hybridized carbons (Fsp3) is 0.400. The third kappa shape index (κ3) is 5.29. The van der Waals surface area contributed by atoms with E-state index in [2.05, 4.69) is 4.98 Å². The second kappa shape index (κ2) is 8.99. The fourth-order valence-corrected chi connectivity index (χ4v) is 4.04. The summed E-state index contributed by atoms with van der Waals surface area (Å²) in [6.45, 7) is 5.66. The molecule has 1 atom stereocenters. The molecule has 1 aromatic carbocycles. The zero-order valence-electron chi connectivity index (χ0n) is 16.3. The Bertz CT molecular complexity index is 852. The van der Waals surface area contributed by atoms with Crippen molar-refractivity contribution in [3.8, 4) is 0 Å². The molecule has 0 aliphatic heterocycles. The number of aromatic nitrogens is 1. The summed E-state index contributed by atoms with van der Waals surface area (Å²) in [6, 6.07) is 13.0. The summed E-state index contributed by atoms with van der Waals surface area (Å²) in [5.41, 5.74) is 1.44. The summed E-state index contributed by atoms with van der Waals surface area (Å²) < 4.78 is 23.8. The highest BCUT2D eigenvalue weighted by atomic mass is 32.2. The number of sulfone groups is 1. The van der Waals surface area contributed by atoms with Gasteiger partial charge < -0.3 is 9.80 Å². The van der Waals surface area contributed by atoms with Gasteiger partial charge in [0.15, 0.2) is 9.84 Å². The van der Waals surface area contributed by atoms with E-state index in [1.165, 1.54) is 0 Å². The van der Waals surface area contributed by atoms with E-state index in [1.807, 2.05) is 49.2 Å². The van der Waals surface area contributed by atoms with E-state index in [4.69, 9.17) is 0 Å². The topological polar surface area (TPSA) is 70.6 Å². The molecule has 7 heteroatoms. The molecule has 6 nitrogen and oxygen atoms in total. The monoisotopic (exact) mass is 389 g/mol. The Balaban J connectivity index is 2.16. The summed E-state index contributed by atoms with van der Waals surface area (Å²) in [4.78, 5) is 20.7. The normalized spacial score (nSPS) is 12.4. The van der Waals surface area contributed by atoms with Crippen LogP contribution in [0.15, 0.2) is 48.7 Å². The summed E-state index contributed by atoms with van der Waals surface area (Å²) in [7, 11) is -1.24. The van der Waals surface area contributed by atoms with Gasteiger partial charge >= 0.3 is 0 Å². The van der Waals surface area contributed by atoms with Crippen molar-refractivity contribution in [2.75, 3.05) is 30.0 Å². The number of hydrogen-bond acceptors (Lipinski definition) is 5. The number of hydrogen-bond donors (Lipinski definition) is 0. The molecule has 0 radical (unpaired) electrons. The first-order valence-corrected chi connectivity index (χ1v) is 10.9. The van der Waals surface area contributed by atoms with Crippen molar-refractivity contribution in [1.82, 2.24) is 9.88 Å². The van der Waals surface area contributed by atoms with Crippen LogP contribution in [0.5, 0.6) is 0 Å². The van der Waals surface area contributed by atoms with Gasteiger partial charge in [0.1, 0.15) is 5.82 Å². The molecular formula is C20H27N3O3S. The average Bonchev–Trinajstić information content (AvgIpc) is 2.68. The smallest absolute Gasteiger partial charge is 0.255 e. The lowest BCUT2D eigenvalue weighted by Gasteiger charge is -2.28. The lowest BCUT2D eigenvalue weighted by Crippen LogP contribution is -2.42. The zero-order valence-corrected chi connectivity index (χ0v) is 17.1. The van der Waals surface area contributed by atoms with Gasteiger partial charge in [0.25, 0.3) is 5.91 Å². The number of pyridine rings is 1. The predicted molar refractivity (Wildman–Crippen MR) is 109 cm³/mol. The van der Waals surface area contributed by atoms with Crippen LogP contribution in [-0.4, -0.2) is 55.3 Å². The van der Waals surface area contributed by atoms with Crippen LogP contribution in [0.2, 0.25) is 0 Å². The second-order valence-electron chi connectivity index (χ2n) is 6.44. The highest BCUT2D eigenvalue weighted by Crippen LogP contribution is 2.21. The minimum atomic E-state index is -3.15. The van der Waals surface area contributed by atoms with E-state index >= 15 is 0 Å². The van der Waals surface area contributed by atoms with Crippen LogP contribution in [0.1, 0.15) is 31.1 Å². The largest absolute Gasteiger partial charge is 0.335 e. The van der Waals surface area contributed by atoms with Crippen LogP contribution in [0.4, 0.5) is 11.5 Å². The number of rotatable bonds is 8. The molecule has 0 saturated heterocycles. The van der Waals surface area contributed by atoms with Crippen LogP contribution in [0, 0.1) is 0 Å². The first-order valence-electron chi connectivity index (χ1n) is 9.05. The van der Waals surface area contributed by atoms with Crippen molar-refractivity contribution >= 4 is 27.2 Å². The molecule has 1 aromatic heterocycles. The summed E-state index contributed by atoms with van der Waals surface area (Å²) in [5, 5.41) is 0. The van der Waals surface area contributed by atoms with Gasteiger partial charge in [-0.2, -0.15) is 0 Å². The molecule has 1 heterocycles. The number of amides is 1. The molecule has 0 spiro atoms. The van der Waals surface area contributed by atoms with Crippen molar-refractivity contribution in [2.45, 2.75) is 26.8 Å². The molecule has 0 N–H and O–H groups in total. The molecule has 0 saturated carbocycles. The molecule has 1 amide bonds. The van der Waals surface area contributed by atoms with Gasteiger partial charge in [0.05, 0.1) is 11.3 Å². The molecule has 0 aliphatic rings. The second-order valence-corrected chi connectivity index (χ2v) is 8.84. The summed E-state index contributed by atoms with van der Waals surface area (Å²) in [6.07, 6.45) is 1.54. The van der Waals surface area contributed by atoms with Gasteiger partial charge in [0, 0.05) is 37.3 Å². The number of anilines is 2. The molecule has 0 aliphatic carbocycles. The van der Waals surface area contributed by atoms with E-state index < -0.39 is 9.84 Å². The molecular weight excluding hydrogens is 362 g/mol. The lowest BCUT2D eigenvalue weighted by atomic mass is 10.2. The quantitative estimate of drug-likeness (QED) is 0.694. The van der Waals surface area contributed by atoms with Crippen molar-refractivity contribution in [3.63, 3.8) is 0 Å².